The van der Waals surface area contributed by atoms with Crippen molar-refractivity contribution in [2.45, 2.75) is 133 Å². The average molecular weight is 893 g/mol. The van der Waals surface area contributed by atoms with Crippen LogP contribution in [0.25, 0.3) is 10.9 Å². The van der Waals surface area contributed by atoms with E-state index in [1.807, 2.05) is 24.3 Å². The number of esters is 4. The SMILES string of the molecule is [2H]CC(C)(C)C(=O)OC[C@H]1OC(Oc2n[nH]c3cccc(CCc4ccc(OCCCOS(C)(=O)=O)cc4)c23)[C@H](OC(=O)C(C)(C)C[2H])[C@@H](OC(=O)C(C)(C)C[2H])[C@@H]1OC(=O)C(C)(C)C[2H]. The molecular weight excluding hydrogens is 825 g/mol. The minimum absolute atomic E-state index is 0.00765. The molecule has 2 aromatic carbocycles. The summed E-state index contributed by atoms with van der Waals surface area (Å²) in [5, 5.41) is 7.92. The van der Waals surface area contributed by atoms with Crippen LogP contribution in [0.5, 0.6) is 11.6 Å². The molecule has 1 N–H and O–H groups in total. The highest BCUT2D eigenvalue weighted by Gasteiger charge is 2.56. The Morgan fingerprint density at radius 2 is 1.31 bits per heavy atom. The molecule has 3 aromatic rings. The number of aromatic amines is 1. The standard InChI is InChI=1S/C45H64N2O14S/c1-42(2,3)38(48)55-26-31-33(58-39(49)43(4,5)6)34(59-40(50)44(7,8)9)35(60-41(51)45(10,11)12)37(57-31)61-36-32-28(16-14-17-30(32)46-47-36)21-18-27-19-22-29(23-20-27)54-24-15-25-56-62(13,52)53/h14,16-17,19-20,22-23,31,33-35,37H,15,18,21,24-26H2,1-13H3,(H,46,47)/t31-,33-,34+,35-,37?/m1/s1/i1D,4D,7D,10D. The van der Waals surface area contributed by atoms with Crippen molar-refractivity contribution in [2.24, 2.45) is 21.7 Å². The minimum atomic E-state index is -3.53. The van der Waals surface area contributed by atoms with E-state index < -0.39 is 114 Å². The first-order chi connectivity index (χ1) is 30.8. The Bertz CT molecular complexity index is 2250. The number of fused-ring (bicyclic) bond motifs is 1. The number of ether oxygens (including phenoxy) is 7. The summed E-state index contributed by atoms with van der Waals surface area (Å²) < 4.78 is 102. The van der Waals surface area contributed by atoms with E-state index in [9.17, 15) is 27.6 Å². The first-order valence-corrected chi connectivity index (χ1v) is 21.9. The van der Waals surface area contributed by atoms with E-state index in [1.165, 1.54) is 55.4 Å². The molecule has 0 saturated carbocycles. The van der Waals surface area contributed by atoms with Crippen LogP contribution in [0.1, 0.15) is 106 Å². The number of H-pyrrole nitrogens is 1. The number of carbonyl (C=O) groups excluding carboxylic acids is 4. The summed E-state index contributed by atoms with van der Waals surface area (Å²) in [4.78, 5) is 54.8. The Labute approximate surface area is 370 Å². The monoisotopic (exact) mass is 892 g/mol. The van der Waals surface area contributed by atoms with Gasteiger partial charge in [0.2, 0.25) is 18.3 Å². The molecule has 16 nitrogen and oxygen atoms in total. The topological polar surface area (TPSA) is 205 Å². The number of carbonyl (C=O) groups is 4. The Kier molecular flexibility index (Phi) is 14.0. The van der Waals surface area contributed by atoms with E-state index >= 15 is 0 Å². The quantitative estimate of drug-likeness (QED) is 0.0691. The summed E-state index contributed by atoms with van der Waals surface area (Å²) >= 11 is 0. The van der Waals surface area contributed by atoms with Crippen LogP contribution < -0.4 is 9.47 Å². The number of nitrogens with one attached hydrogen (secondary N) is 1. The molecule has 4 rings (SSSR count). The summed E-state index contributed by atoms with van der Waals surface area (Å²) in [5.74, 6) is -2.95. The van der Waals surface area contributed by atoms with Gasteiger partial charge < -0.3 is 33.2 Å². The zero-order valence-electron chi connectivity index (χ0n) is 41.1. The van der Waals surface area contributed by atoms with Crippen LogP contribution in [0.15, 0.2) is 42.5 Å². The van der Waals surface area contributed by atoms with Gasteiger partial charge in [0.05, 0.1) is 52.0 Å². The van der Waals surface area contributed by atoms with E-state index in [4.69, 9.17) is 42.8 Å². The lowest BCUT2D eigenvalue weighted by Crippen LogP contribution is -2.65. The second kappa shape index (κ2) is 19.8. The smallest absolute Gasteiger partial charge is 0.311 e. The van der Waals surface area contributed by atoms with Gasteiger partial charge in [-0.15, -0.1) is 5.10 Å². The van der Waals surface area contributed by atoms with Gasteiger partial charge in [0, 0.05) is 11.9 Å². The van der Waals surface area contributed by atoms with Crippen LogP contribution in [0.4, 0.5) is 0 Å². The number of aromatic nitrogens is 2. The fourth-order valence-electron chi connectivity index (χ4n) is 5.72. The van der Waals surface area contributed by atoms with E-state index in [0.29, 0.717) is 35.9 Å². The van der Waals surface area contributed by atoms with Gasteiger partial charge in [-0.2, -0.15) is 8.42 Å². The molecular formula is C45H64N2O14S. The maximum Gasteiger partial charge on any atom is 0.311 e. The van der Waals surface area contributed by atoms with Gasteiger partial charge in [-0.1, -0.05) is 24.3 Å². The van der Waals surface area contributed by atoms with Crippen molar-refractivity contribution in [3.63, 3.8) is 0 Å². The number of benzene rings is 2. The van der Waals surface area contributed by atoms with Crippen molar-refractivity contribution in [1.29, 1.82) is 0 Å². The van der Waals surface area contributed by atoms with Crippen molar-refractivity contribution in [3.05, 3.63) is 53.6 Å². The Balaban J connectivity index is 1.76. The third kappa shape index (κ3) is 14.1. The highest BCUT2D eigenvalue weighted by Crippen LogP contribution is 2.37. The van der Waals surface area contributed by atoms with E-state index in [0.717, 1.165) is 17.4 Å². The number of aryl methyl sites for hydroxylation is 2. The fourth-order valence-corrected chi connectivity index (χ4v) is 6.14. The Morgan fingerprint density at radius 3 is 1.89 bits per heavy atom. The Morgan fingerprint density at radius 1 is 0.742 bits per heavy atom. The van der Waals surface area contributed by atoms with Gasteiger partial charge in [-0.25, -0.2) is 0 Å². The van der Waals surface area contributed by atoms with Gasteiger partial charge >= 0.3 is 23.9 Å². The zero-order chi connectivity index (χ0) is 49.3. The maximum atomic E-state index is 13.9. The third-order valence-electron chi connectivity index (χ3n) is 9.24. The molecule has 0 bridgehead atoms. The number of hydrogen-bond acceptors (Lipinski definition) is 15. The van der Waals surface area contributed by atoms with Gasteiger partial charge in [0.1, 0.15) is 18.5 Å². The number of nitrogens with zero attached hydrogens (tertiary/aromatic N) is 1. The van der Waals surface area contributed by atoms with Crippen LogP contribution in [-0.2, 0) is 70.0 Å². The van der Waals surface area contributed by atoms with Crippen molar-refractivity contribution in [1.82, 2.24) is 10.2 Å². The summed E-state index contributed by atoms with van der Waals surface area (Å²) in [6, 6.07) is 12.9. The van der Waals surface area contributed by atoms with Crippen LogP contribution in [0.3, 0.4) is 0 Å². The van der Waals surface area contributed by atoms with Gasteiger partial charge in [-0.05, 0) is 125 Å². The summed E-state index contributed by atoms with van der Waals surface area (Å²) in [5.41, 5.74) is -3.16. The summed E-state index contributed by atoms with van der Waals surface area (Å²) in [7, 11) is -3.53. The second-order valence-electron chi connectivity index (χ2n) is 18.1. The van der Waals surface area contributed by atoms with Gasteiger partial charge in [-0.3, -0.25) is 28.5 Å². The summed E-state index contributed by atoms with van der Waals surface area (Å²) in [6.45, 7) is 9.93. The van der Waals surface area contributed by atoms with Crippen molar-refractivity contribution in [3.8, 4) is 11.6 Å². The lowest BCUT2D eigenvalue weighted by Gasteiger charge is -2.45. The minimum Gasteiger partial charge on any atom is -0.494 e. The average Bonchev–Trinajstić information content (AvgIpc) is 3.69. The van der Waals surface area contributed by atoms with Crippen LogP contribution in [-0.4, -0.2) is 99.3 Å². The maximum absolute atomic E-state index is 13.9. The molecule has 2 heterocycles. The number of hydrogen-bond donors (Lipinski definition) is 1. The van der Waals surface area contributed by atoms with E-state index in [2.05, 4.69) is 10.2 Å². The zero-order valence-corrected chi connectivity index (χ0v) is 37.9. The normalized spacial score (nSPS) is 20.8. The molecule has 1 aliphatic rings. The molecule has 1 unspecified atom stereocenters. The highest BCUT2D eigenvalue weighted by molar-refractivity contribution is 7.85. The first kappa shape index (κ1) is 43.9. The van der Waals surface area contributed by atoms with Gasteiger partial charge in [0.25, 0.3) is 10.1 Å². The molecule has 1 fully saturated rings. The van der Waals surface area contributed by atoms with Crippen molar-refractivity contribution < 1.29 is 70.4 Å². The third-order valence-corrected chi connectivity index (χ3v) is 9.84. The van der Waals surface area contributed by atoms with E-state index in [1.54, 1.807) is 18.2 Å². The first-order valence-electron chi connectivity index (χ1n) is 22.9. The molecule has 1 saturated heterocycles. The lowest BCUT2D eigenvalue weighted by atomic mass is 9.93. The molecule has 344 valence electrons. The predicted molar refractivity (Wildman–Crippen MR) is 229 cm³/mol. The fraction of sp³-hybridized carbons (Fsp3) is 0.622. The van der Waals surface area contributed by atoms with Crippen molar-refractivity contribution >= 4 is 44.9 Å². The molecule has 0 radical (unpaired) electrons. The molecule has 0 amide bonds. The van der Waals surface area contributed by atoms with Crippen LogP contribution in [0, 0.1) is 21.7 Å². The molecule has 17 heteroatoms. The predicted octanol–water partition coefficient (Wildman–Crippen LogP) is 6.66. The molecule has 1 aliphatic heterocycles. The second-order valence-corrected chi connectivity index (χ2v) is 19.8. The molecule has 0 aliphatic carbocycles. The molecule has 0 spiro atoms. The largest absolute Gasteiger partial charge is 0.494 e. The van der Waals surface area contributed by atoms with Crippen LogP contribution in [0.2, 0.25) is 0 Å². The summed E-state index contributed by atoms with van der Waals surface area (Å²) in [6.07, 6.45) is -5.90. The van der Waals surface area contributed by atoms with Crippen LogP contribution >= 0.6 is 0 Å². The van der Waals surface area contributed by atoms with E-state index in [-0.39, 0.29) is 26.0 Å². The molecule has 1 aromatic heterocycles. The molecule has 5 atom stereocenters. The van der Waals surface area contributed by atoms with Crippen molar-refractivity contribution in [2.75, 3.05) is 26.1 Å². The highest BCUT2D eigenvalue weighted by atomic mass is 32.2. The van der Waals surface area contributed by atoms with Gasteiger partial charge in [0.15, 0.2) is 12.2 Å². The molecule has 62 heavy (non-hydrogen) atoms. The Hall–Kier alpha value is -4.74. The number of rotatable bonds is 16. The lowest BCUT2D eigenvalue weighted by molar-refractivity contribution is -0.294.